The van der Waals surface area contributed by atoms with E-state index in [0.29, 0.717) is 17.9 Å². The molecule has 0 radical (unpaired) electrons. The van der Waals surface area contributed by atoms with Crippen LogP contribution in [0.4, 0.5) is 4.39 Å². The fourth-order valence-corrected chi connectivity index (χ4v) is 2.06. The normalized spacial score (nSPS) is 9.92. The Labute approximate surface area is 147 Å². The standard InChI is InChI=1S/C18H21FN2O2.ClH/c1-2-20-11-12-21-18(22)16-5-3-4-6-17(16)23-13-14-7-9-15(19)10-8-14;/h3-10,20H,2,11-13H2,1H3,(H,21,22);1H. The summed E-state index contributed by atoms with van der Waals surface area (Å²) in [6.45, 7) is 4.44. The van der Waals surface area contributed by atoms with Gasteiger partial charge in [-0.25, -0.2) is 4.39 Å². The van der Waals surface area contributed by atoms with Crippen LogP contribution in [0.15, 0.2) is 48.5 Å². The number of likely N-dealkylation sites (N-methyl/N-ethyl adjacent to an activating group) is 1. The Kier molecular flexibility index (Phi) is 8.83. The van der Waals surface area contributed by atoms with E-state index in [4.69, 9.17) is 4.74 Å². The topological polar surface area (TPSA) is 50.4 Å². The van der Waals surface area contributed by atoms with Gasteiger partial charge in [-0.15, -0.1) is 12.4 Å². The van der Waals surface area contributed by atoms with Crippen molar-refractivity contribution in [2.24, 2.45) is 0 Å². The van der Waals surface area contributed by atoms with E-state index < -0.39 is 0 Å². The molecule has 0 fully saturated rings. The van der Waals surface area contributed by atoms with Crippen LogP contribution >= 0.6 is 12.4 Å². The summed E-state index contributed by atoms with van der Waals surface area (Å²) in [5.41, 5.74) is 1.33. The predicted octanol–water partition coefficient (Wildman–Crippen LogP) is 3.17. The van der Waals surface area contributed by atoms with E-state index in [1.54, 1.807) is 30.3 Å². The number of rotatable bonds is 8. The van der Waals surface area contributed by atoms with Gasteiger partial charge in [0.25, 0.3) is 5.91 Å². The SMILES string of the molecule is CCNCCNC(=O)c1ccccc1OCc1ccc(F)cc1.Cl. The molecule has 4 nitrogen and oxygen atoms in total. The van der Waals surface area contributed by atoms with E-state index in [2.05, 4.69) is 10.6 Å². The van der Waals surface area contributed by atoms with Crippen molar-refractivity contribution in [2.45, 2.75) is 13.5 Å². The fourth-order valence-electron chi connectivity index (χ4n) is 2.06. The van der Waals surface area contributed by atoms with E-state index in [-0.39, 0.29) is 30.7 Å². The van der Waals surface area contributed by atoms with Crippen LogP contribution in [0.5, 0.6) is 5.75 Å². The zero-order valence-corrected chi connectivity index (χ0v) is 14.4. The molecule has 2 rings (SSSR count). The van der Waals surface area contributed by atoms with Gasteiger partial charge >= 0.3 is 0 Å². The molecule has 0 spiro atoms. The van der Waals surface area contributed by atoms with Crippen LogP contribution in [0.3, 0.4) is 0 Å². The van der Waals surface area contributed by atoms with Crippen LogP contribution in [0.25, 0.3) is 0 Å². The van der Waals surface area contributed by atoms with Crippen molar-refractivity contribution in [1.82, 2.24) is 10.6 Å². The molecule has 0 unspecified atom stereocenters. The fraction of sp³-hybridized carbons (Fsp3) is 0.278. The number of halogens is 2. The summed E-state index contributed by atoms with van der Waals surface area (Å²) < 4.78 is 18.6. The van der Waals surface area contributed by atoms with Crippen LogP contribution in [-0.2, 0) is 6.61 Å². The largest absolute Gasteiger partial charge is 0.488 e. The number of hydrogen-bond donors (Lipinski definition) is 2. The molecular formula is C18H22ClFN2O2. The molecule has 6 heteroatoms. The molecule has 24 heavy (non-hydrogen) atoms. The summed E-state index contributed by atoms with van der Waals surface area (Å²) in [4.78, 5) is 12.2. The van der Waals surface area contributed by atoms with Gasteiger partial charge in [0.1, 0.15) is 18.2 Å². The summed E-state index contributed by atoms with van der Waals surface area (Å²) in [5, 5.41) is 5.99. The second-order valence-electron chi connectivity index (χ2n) is 5.02. The highest BCUT2D eigenvalue weighted by molar-refractivity contribution is 5.96. The highest BCUT2D eigenvalue weighted by Gasteiger charge is 2.11. The van der Waals surface area contributed by atoms with Crippen LogP contribution in [0.2, 0.25) is 0 Å². The first-order chi connectivity index (χ1) is 11.2. The van der Waals surface area contributed by atoms with Gasteiger partial charge in [0.2, 0.25) is 0 Å². The van der Waals surface area contributed by atoms with Gasteiger partial charge in [0, 0.05) is 13.1 Å². The Morgan fingerprint density at radius 2 is 1.79 bits per heavy atom. The second kappa shape index (κ2) is 10.6. The molecular weight excluding hydrogens is 331 g/mol. The molecule has 0 bridgehead atoms. The van der Waals surface area contributed by atoms with Crippen LogP contribution < -0.4 is 15.4 Å². The quantitative estimate of drug-likeness (QED) is 0.717. The van der Waals surface area contributed by atoms with Gasteiger partial charge < -0.3 is 15.4 Å². The molecule has 0 atom stereocenters. The molecule has 0 aromatic heterocycles. The van der Waals surface area contributed by atoms with Gasteiger partial charge in [0.15, 0.2) is 0 Å². The number of para-hydroxylation sites is 1. The van der Waals surface area contributed by atoms with E-state index in [0.717, 1.165) is 18.7 Å². The lowest BCUT2D eigenvalue weighted by molar-refractivity contribution is 0.0949. The first-order valence-electron chi connectivity index (χ1n) is 7.66. The molecule has 0 aliphatic rings. The third-order valence-corrected chi connectivity index (χ3v) is 3.28. The Morgan fingerprint density at radius 1 is 1.08 bits per heavy atom. The minimum Gasteiger partial charge on any atom is -0.488 e. The molecule has 2 aromatic carbocycles. The number of carbonyl (C=O) groups excluding carboxylic acids is 1. The number of carbonyl (C=O) groups is 1. The zero-order chi connectivity index (χ0) is 16.5. The molecule has 1 amide bonds. The van der Waals surface area contributed by atoms with Crippen LogP contribution in [0.1, 0.15) is 22.8 Å². The maximum atomic E-state index is 12.9. The van der Waals surface area contributed by atoms with Crippen molar-refractivity contribution in [1.29, 1.82) is 0 Å². The molecule has 0 heterocycles. The summed E-state index contributed by atoms with van der Waals surface area (Å²) in [6, 6.07) is 13.2. The number of amides is 1. The Balaban J connectivity index is 0.00000288. The van der Waals surface area contributed by atoms with Crippen molar-refractivity contribution in [3.63, 3.8) is 0 Å². The minimum absolute atomic E-state index is 0. The summed E-state index contributed by atoms with van der Waals surface area (Å²) in [5.74, 6) is 0.0598. The maximum Gasteiger partial charge on any atom is 0.255 e. The Morgan fingerprint density at radius 3 is 2.50 bits per heavy atom. The molecule has 0 saturated heterocycles. The van der Waals surface area contributed by atoms with Crippen molar-refractivity contribution in [3.05, 3.63) is 65.5 Å². The molecule has 2 aromatic rings. The number of benzene rings is 2. The Hall–Kier alpha value is -2.11. The minimum atomic E-state index is -0.283. The van der Waals surface area contributed by atoms with E-state index >= 15 is 0 Å². The monoisotopic (exact) mass is 352 g/mol. The average Bonchev–Trinajstić information content (AvgIpc) is 2.58. The van der Waals surface area contributed by atoms with Crippen molar-refractivity contribution in [3.8, 4) is 5.75 Å². The molecule has 2 N–H and O–H groups in total. The average molecular weight is 353 g/mol. The van der Waals surface area contributed by atoms with E-state index in [9.17, 15) is 9.18 Å². The highest BCUT2D eigenvalue weighted by atomic mass is 35.5. The third-order valence-electron chi connectivity index (χ3n) is 3.28. The lowest BCUT2D eigenvalue weighted by atomic mass is 10.2. The van der Waals surface area contributed by atoms with Crippen molar-refractivity contribution < 1.29 is 13.9 Å². The predicted molar refractivity (Wildman–Crippen MR) is 95.3 cm³/mol. The highest BCUT2D eigenvalue weighted by Crippen LogP contribution is 2.19. The second-order valence-corrected chi connectivity index (χ2v) is 5.02. The summed E-state index contributed by atoms with van der Waals surface area (Å²) >= 11 is 0. The van der Waals surface area contributed by atoms with E-state index in [1.807, 2.05) is 13.0 Å². The summed E-state index contributed by atoms with van der Waals surface area (Å²) in [7, 11) is 0. The molecule has 130 valence electrons. The molecule has 0 aliphatic carbocycles. The van der Waals surface area contributed by atoms with Crippen LogP contribution in [0, 0.1) is 5.82 Å². The lowest BCUT2D eigenvalue weighted by Gasteiger charge is -2.12. The summed E-state index contributed by atoms with van der Waals surface area (Å²) in [6.07, 6.45) is 0. The first kappa shape index (κ1) is 19.9. The maximum absolute atomic E-state index is 12.9. The molecule has 0 saturated carbocycles. The van der Waals surface area contributed by atoms with Gasteiger partial charge in [-0.05, 0) is 36.4 Å². The number of nitrogens with one attached hydrogen (secondary N) is 2. The van der Waals surface area contributed by atoms with E-state index in [1.165, 1.54) is 12.1 Å². The number of hydrogen-bond acceptors (Lipinski definition) is 3. The van der Waals surface area contributed by atoms with Crippen LogP contribution in [-0.4, -0.2) is 25.5 Å². The first-order valence-corrected chi connectivity index (χ1v) is 7.66. The lowest BCUT2D eigenvalue weighted by Crippen LogP contribution is -2.31. The van der Waals surface area contributed by atoms with Crippen molar-refractivity contribution >= 4 is 18.3 Å². The van der Waals surface area contributed by atoms with Gasteiger partial charge in [-0.2, -0.15) is 0 Å². The molecule has 0 aliphatic heterocycles. The van der Waals surface area contributed by atoms with Gasteiger partial charge in [0.05, 0.1) is 5.56 Å². The Bertz CT molecular complexity index is 635. The smallest absolute Gasteiger partial charge is 0.255 e. The zero-order valence-electron chi connectivity index (χ0n) is 13.5. The van der Waals surface area contributed by atoms with Gasteiger partial charge in [-0.1, -0.05) is 31.2 Å². The third kappa shape index (κ3) is 6.18. The van der Waals surface area contributed by atoms with Crippen molar-refractivity contribution in [2.75, 3.05) is 19.6 Å². The number of ether oxygens (including phenoxy) is 1. The van der Waals surface area contributed by atoms with Gasteiger partial charge in [-0.3, -0.25) is 4.79 Å².